The van der Waals surface area contributed by atoms with Gasteiger partial charge in [-0.05, 0) is 36.4 Å². The van der Waals surface area contributed by atoms with Crippen molar-refractivity contribution in [2.45, 2.75) is 10.6 Å². The normalized spacial score (nSPS) is 10.3. The first kappa shape index (κ1) is 17.2. The molecule has 2 aromatic carbocycles. The molecule has 1 heterocycles. The Hall–Kier alpha value is -2.58. The van der Waals surface area contributed by atoms with Crippen LogP contribution in [-0.4, -0.2) is 23.3 Å². The van der Waals surface area contributed by atoms with Gasteiger partial charge < -0.3 is 10.1 Å². The van der Waals surface area contributed by atoms with Gasteiger partial charge in [-0.3, -0.25) is 5.32 Å². The largest absolute Gasteiger partial charge is 0.497 e. The third kappa shape index (κ3) is 5.20. The highest BCUT2D eigenvalue weighted by molar-refractivity contribution is 7.98. The Balaban J connectivity index is 1.50. The molecule has 3 aromatic rings. The first-order valence-electron chi connectivity index (χ1n) is 7.45. The lowest BCUT2D eigenvalue weighted by Gasteiger charge is -2.05. The zero-order chi connectivity index (χ0) is 17.5. The maximum Gasteiger partial charge on any atom is 0.325 e. The van der Waals surface area contributed by atoms with Crippen LogP contribution >= 0.6 is 23.1 Å². The summed E-state index contributed by atoms with van der Waals surface area (Å²) in [6, 6.07) is 16.8. The predicted octanol–water partition coefficient (Wildman–Crippen LogP) is 4.48. The molecule has 0 saturated carbocycles. The van der Waals surface area contributed by atoms with E-state index in [1.807, 2.05) is 30.3 Å². The molecule has 128 valence electrons. The van der Waals surface area contributed by atoms with Crippen LogP contribution in [0.2, 0.25) is 0 Å². The lowest BCUT2D eigenvalue weighted by molar-refractivity contribution is 0.262. The number of amides is 2. The van der Waals surface area contributed by atoms with Crippen molar-refractivity contribution in [1.82, 2.24) is 10.2 Å². The molecule has 2 amide bonds. The van der Waals surface area contributed by atoms with Gasteiger partial charge in [0.2, 0.25) is 5.13 Å². The molecule has 2 N–H and O–H groups in total. The van der Waals surface area contributed by atoms with Crippen LogP contribution in [0.1, 0.15) is 5.01 Å². The van der Waals surface area contributed by atoms with Crippen LogP contribution in [0.25, 0.3) is 0 Å². The maximum absolute atomic E-state index is 12.0. The number of hydrogen-bond donors (Lipinski definition) is 2. The van der Waals surface area contributed by atoms with Crippen LogP contribution in [0.4, 0.5) is 15.6 Å². The first-order chi connectivity index (χ1) is 12.2. The molecule has 25 heavy (non-hydrogen) atoms. The summed E-state index contributed by atoms with van der Waals surface area (Å²) in [7, 11) is 1.60. The molecule has 0 aliphatic rings. The van der Waals surface area contributed by atoms with Gasteiger partial charge in [0.15, 0.2) is 0 Å². The molecule has 3 rings (SSSR count). The number of nitrogens with zero attached hydrogens (tertiary/aromatic N) is 2. The summed E-state index contributed by atoms with van der Waals surface area (Å²) in [4.78, 5) is 13.2. The average Bonchev–Trinajstić information content (AvgIpc) is 3.08. The van der Waals surface area contributed by atoms with Gasteiger partial charge in [-0.15, -0.1) is 22.0 Å². The second-order valence-electron chi connectivity index (χ2n) is 4.91. The van der Waals surface area contributed by atoms with Crippen molar-refractivity contribution in [3.63, 3.8) is 0 Å². The first-order valence-corrected chi connectivity index (χ1v) is 9.25. The summed E-state index contributed by atoms with van der Waals surface area (Å²) in [6.45, 7) is 0. The smallest absolute Gasteiger partial charge is 0.325 e. The molecular formula is C17H16N4O2S2. The number of carbonyl (C=O) groups is 1. The number of methoxy groups -OCH3 is 1. The van der Waals surface area contributed by atoms with Gasteiger partial charge in [0.25, 0.3) is 0 Å². The molecule has 0 unspecified atom stereocenters. The summed E-state index contributed by atoms with van der Waals surface area (Å²) in [5.74, 6) is 1.44. The zero-order valence-corrected chi connectivity index (χ0v) is 15.1. The number of carbonyl (C=O) groups excluding carboxylic acids is 1. The molecule has 8 heteroatoms. The molecule has 0 aliphatic heterocycles. The minimum absolute atomic E-state index is 0.358. The van der Waals surface area contributed by atoms with Crippen LogP contribution in [0.5, 0.6) is 5.75 Å². The van der Waals surface area contributed by atoms with E-state index < -0.39 is 0 Å². The number of rotatable bonds is 6. The Kier molecular flexibility index (Phi) is 5.86. The Morgan fingerprint density at radius 1 is 1.08 bits per heavy atom. The summed E-state index contributed by atoms with van der Waals surface area (Å²) in [5, 5.41) is 14.9. The van der Waals surface area contributed by atoms with Crippen molar-refractivity contribution in [1.29, 1.82) is 0 Å². The number of hydrogen-bond acceptors (Lipinski definition) is 6. The molecule has 1 aromatic heterocycles. The van der Waals surface area contributed by atoms with Crippen molar-refractivity contribution in [3.05, 3.63) is 59.6 Å². The predicted molar refractivity (Wildman–Crippen MR) is 102 cm³/mol. The van der Waals surface area contributed by atoms with Gasteiger partial charge in [-0.1, -0.05) is 29.5 Å². The van der Waals surface area contributed by atoms with Crippen LogP contribution < -0.4 is 15.4 Å². The van der Waals surface area contributed by atoms with Crippen LogP contribution in [0.15, 0.2) is 59.5 Å². The molecule has 0 bridgehead atoms. The topological polar surface area (TPSA) is 76.1 Å². The fourth-order valence-corrected chi connectivity index (χ4v) is 3.60. The summed E-state index contributed by atoms with van der Waals surface area (Å²) in [5.41, 5.74) is 0.669. The maximum atomic E-state index is 12.0. The lowest BCUT2D eigenvalue weighted by atomic mass is 10.3. The second-order valence-corrected chi connectivity index (χ2v) is 7.02. The highest BCUT2D eigenvalue weighted by Crippen LogP contribution is 2.25. The molecule has 0 radical (unpaired) electrons. The molecular weight excluding hydrogens is 356 g/mol. The average molecular weight is 372 g/mol. The number of nitrogens with one attached hydrogen (secondary N) is 2. The molecule has 0 atom stereocenters. The standard InChI is InChI=1S/C17H16N4O2S2/c1-23-13-9-7-12(8-10-13)18-16(22)19-17-21-20-15(25-17)11-24-14-5-3-2-4-6-14/h2-10H,11H2,1H3,(H2,18,19,21,22). The van der Waals surface area contributed by atoms with Crippen LogP contribution in [0.3, 0.4) is 0 Å². The van der Waals surface area contributed by atoms with Gasteiger partial charge in [-0.25, -0.2) is 4.79 Å². The summed E-state index contributed by atoms with van der Waals surface area (Å²) in [6.07, 6.45) is 0. The number of anilines is 2. The van der Waals surface area contributed by atoms with Gasteiger partial charge in [0.1, 0.15) is 10.8 Å². The lowest BCUT2D eigenvalue weighted by Crippen LogP contribution is -2.19. The Labute approximate surface area is 153 Å². The third-order valence-corrected chi connectivity index (χ3v) is 5.19. The Morgan fingerprint density at radius 2 is 1.84 bits per heavy atom. The molecule has 0 aliphatic carbocycles. The molecule has 0 spiro atoms. The zero-order valence-electron chi connectivity index (χ0n) is 13.4. The fourth-order valence-electron chi connectivity index (χ4n) is 1.96. The van der Waals surface area contributed by atoms with Crippen molar-refractivity contribution in [2.75, 3.05) is 17.7 Å². The highest BCUT2D eigenvalue weighted by atomic mass is 32.2. The van der Waals surface area contributed by atoms with Gasteiger partial charge in [0, 0.05) is 10.6 Å². The third-order valence-electron chi connectivity index (χ3n) is 3.14. The summed E-state index contributed by atoms with van der Waals surface area (Å²) >= 11 is 3.04. The van der Waals surface area contributed by atoms with E-state index in [9.17, 15) is 4.79 Å². The van der Waals surface area contributed by atoms with E-state index in [-0.39, 0.29) is 6.03 Å². The number of thioether (sulfide) groups is 1. The van der Waals surface area contributed by atoms with E-state index in [1.54, 1.807) is 43.1 Å². The SMILES string of the molecule is COc1ccc(NC(=O)Nc2nnc(CSc3ccccc3)s2)cc1. The van der Waals surface area contributed by atoms with E-state index in [1.165, 1.54) is 16.2 Å². The van der Waals surface area contributed by atoms with Gasteiger partial charge >= 0.3 is 6.03 Å². The molecule has 0 saturated heterocycles. The second kappa shape index (κ2) is 8.50. The van der Waals surface area contributed by atoms with E-state index in [4.69, 9.17) is 4.74 Å². The van der Waals surface area contributed by atoms with Crippen molar-refractivity contribution < 1.29 is 9.53 Å². The van der Waals surface area contributed by atoms with Gasteiger partial charge in [-0.2, -0.15) is 0 Å². The number of urea groups is 1. The highest BCUT2D eigenvalue weighted by Gasteiger charge is 2.09. The van der Waals surface area contributed by atoms with E-state index in [0.717, 1.165) is 10.8 Å². The molecule has 6 nitrogen and oxygen atoms in total. The minimum atomic E-state index is -0.358. The van der Waals surface area contributed by atoms with Crippen molar-refractivity contribution >= 4 is 39.9 Å². The van der Waals surface area contributed by atoms with E-state index >= 15 is 0 Å². The number of ether oxygens (including phenoxy) is 1. The fraction of sp³-hybridized carbons (Fsp3) is 0.118. The summed E-state index contributed by atoms with van der Waals surface area (Å²) < 4.78 is 5.08. The van der Waals surface area contributed by atoms with Crippen LogP contribution in [0, 0.1) is 0 Å². The van der Waals surface area contributed by atoms with E-state index in [2.05, 4.69) is 20.8 Å². The van der Waals surface area contributed by atoms with E-state index in [0.29, 0.717) is 16.6 Å². The monoisotopic (exact) mass is 372 g/mol. The number of aromatic nitrogens is 2. The molecule has 0 fully saturated rings. The quantitative estimate of drug-likeness (QED) is 0.624. The van der Waals surface area contributed by atoms with Crippen molar-refractivity contribution in [3.8, 4) is 5.75 Å². The van der Waals surface area contributed by atoms with Crippen molar-refractivity contribution in [2.24, 2.45) is 0 Å². The Bertz CT molecular complexity index is 822. The van der Waals surface area contributed by atoms with Crippen LogP contribution in [-0.2, 0) is 5.75 Å². The Morgan fingerprint density at radius 3 is 2.56 bits per heavy atom. The number of benzene rings is 2. The minimum Gasteiger partial charge on any atom is -0.497 e. The van der Waals surface area contributed by atoms with Gasteiger partial charge in [0.05, 0.1) is 12.9 Å².